The van der Waals surface area contributed by atoms with Gasteiger partial charge in [0, 0.05) is 18.1 Å². The van der Waals surface area contributed by atoms with E-state index in [9.17, 15) is 9.59 Å². The smallest absolute Gasteiger partial charge is 0.277 e. The van der Waals surface area contributed by atoms with Crippen LogP contribution in [0.4, 0.5) is 5.69 Å². The van der Waals surface area contributed by atoms with Crippen molar-refractivity contribution < 1.29 is 14.3 Å². The molecule has 0 spiro atoms. The summed E-state index contributed by atoms with van der Waals surface area (Å²) in [6.07, 6.45) is 0. The average molecular weight is 372 g/mol. The number of likely N-dealkylation sites (N-methyl/N-ethyl adjacent to an activating group) is 1. The van der Waals surface area contributed by atoms with Gasteiger partial charge in [0.2, 0.25) is 0 Å². The summed E-state index contributed by atoms with van der Waals surface area (Å²) in [5.74, 6) is 0.0549. The van der Waals surface area contributed by atoms with E-state index in [4.69, 9.17) is 4.74 Å². The first-order chi connectivity index (χ1) is 13.6. The molecule has 0 atom stereocenters. The zero-order chi connectivity index (χ0) is 19.7. The monoisotopic (exact) mass is 372 g/mol. The van der Waals surface area contributed by atoms with E-state index in [1.165, 1.54) is 7.05 Å². The number of nitrogens with zero attached hydrogens (tertiary/aromatic N) is 1. The van der Waals surface area contributed by atoms with Crippen LogP contribution in [0.5, 0.6) is 5.75 Å². The third-order valence-corrected chi connectivity index (χ3v) is 4.79. The van der Waals surface area contributed by atoms with Gasteiger partial charge in [-0.3, -0.25) is 14.5 Å². The largest absolute Gasteiger partial charge is 0.494 e. The Kier molecular flexibility index (Phi) is 4.57. The highest BCUT2D eigenvalue weighted by molar-refractivity contribution is 6.36. The molecule has 0 aromatic heterocycles. The molecule has 2 amide bonds. The van der Waals surface area contributed by atoms with E-state index in [0.717, 1.165) is 27.1 Å². The molecule has 5 heteroatoms. The molecule has 1 heterocycles. The second kappa shape index (κ2) is 7.19. The lowest BCUT2D eigenvalue weighted by Crippen LogP contribution is -2.27. The third-order valence-electron chi connectivity index (χ3n) is 4.79. The molecule has 3 aromatic rings. The van der Waals surface area contributed by atoms with E-state index in [-0.39, 0.29) is 17.5 Å². The van der Waals surface area contributed by atoms with Crippen LogP contribution in [0.1, 0.15) is 12.5 Å². The summed E-state index contributed by atoms with van der Waals surface area (Å²) in [4.78, 5) is 26.7. The Bertz CT molecular complexity index is 1100. The molecule has 1 N–H and O–H groups in total. The topological polar surface area (TPSA) is 58.6 Å². The molecule has 5 nitrogen and oxygen atoms in total. The summed E-state index contributed by atoms with van der Waals surface area (Å²) in [5, 5.41) is 5.26. The Labute approximate surface area is 163 Å². The summed E-state index contributed by atoms with van der Waals surface area (Å²) < 4.78 is 5.47. The van der Waals surface area contributed by atoms with Crippen molar-refractivity contribution in [1.82, 2.24) is 4.90 Å². The van der Waals surface area contributed by atoms with Crippen molar-refractivity contribution in [2.75, 3.05) is 19.0 Å². The summed E-state index contributed by atoms with van der Waals surface area (Å²) >= 11 is 0. The molecule has 0 unspecified atom stereocenters. The molecule has 0 fully saturated rings. The first-order valence-corrected chi connectivity index (χ1v) is 9.15. The summed E-state index contributed by atoms with van der Waals surface area (Å²) in [6.45, 7) is 2.48. The lowest BCUT2D eigenvalue weighted by Gasteiger charge is -2.11. The van der Waals surface area contributed by atoms with E-state index in [0.29, 0.717) is 17.7 Å². The fourth-order valence-electron chi connectivity index (χ4n) is 3.38. The molecular formula is C23H20N2O3. The van der Waals surface area contributed by atoms with Gasteiger partial charge in [-0.25, -0.2) is 0 Å². The van der Waals surface area contributed by atoms with Crippen molar-refractivity contribution in [3.8, 4) is 5.75 Å². The first kappa shape index (κ1) is 17.8. The van der Waals surface area contributed by atoms with Crippen LogP contribution in [0.2, 0.25) is 0 Å². The van der Waals surface area contributed by atoms with Crippen LogP contribution in [0.25, 0.3) is 16.3 Å². The van der Waals surface area contributed by atoms with Crippen molar-refractivity contribution in [3.63, 3.8) is 0 Å². The summed E-state index contributed by atoms with van der Waals surface area (Å²) in [6, 6.07) is 21.0. The van der Waals surface area contributed by atoms with Crippen molar-refractivity contribution >= 4 is 33.8 Å². The highest BCUT2D eigenvalue weighted by Gasteiger charge is 2.36. The van der Waals surface area contributed by atoms with Crippen molar-refractivity contribution in [3.05, 3.63) is 78.0 Å². The van der Waals surface area contributed by atoms with Gasteiger partial charge in [-0.05, 0) is 36.1 Å². The number of rotatable bonds is 5. The molecule has 0 saturated carbocycles. The zero-order valence-corrected chi connectivity index (χ0v) is 15.7. The minimum absolute atomic E-state index is 0.285. The number of hydrogen-bond donors (Lipinski definition) is 1. The molecule has 1 aliphatic rings. The number of benzene rings is 3. The maximum Gasteiger partial charge on any atom is 0.277 e. The highest BCUT2D eigenvalue weighted by Crippen LogP contribution is 2.32. The number of amides is 2. The lowest BCUT2D eigenvalue weighted by molar-refractivity contribution is -0.135. The van der Waals surface area contributed by atoms with Gasteiger partial charge >= 0.3 is 0 Å². The molecule has 0 aliphatic carbocycles. The standard InChI is InChI=1S/C23H20N2O3/c1-3-28-17-13-11-16(12-14-17)20-21(23(27)25(2)22(20)26)24-19-10-6-8-15-7-4-5-9-18(15)19/h4-14,24H,3H2,1-2H3. The third kappa shape index (κ3) is 3.01. The second-order valence-electron chi connectivity index (χ2n) is 6.53. The molecule has 0 radical (unpaired) electrons. The number of imide groups is 1. The van der Waals surface area contributed by atoms with E-state index in [1.807, 2.05) is 49.4 Å². The average Bonchev–Trinajstić information content (AvgIpc) is 2.93. The fraction of sp³-hybridized carbons (Fsp3) is 0.130. The molecule has 140 valence electrons. The van der Waals surface area contributed by atoms with E-state index < -0.39 is 0 Å². The minimum atomic E-state index is -0.346. The predicted molar refractivity (Wildman–Crippen MR) is 110 cm³/mol. The zero-order valence-electron chi connectivity index (χ0n) is 15.7. The van der Waals surface area contributed by atoms with Crippen molar-refractivity contribution in [2.24, 2.45) is 0 Å². The molecule has 0 bridgehead atoms. The minimum Gasteiger partial charge on any atom is -0.494 e. The van der Waals surface area contributed by atoms with Gasteiger partial charge in [-0.2, -0.15) is 0 Å². The van der Waals surface area contributed by atoms with E-state index in [1.54, 1.807) is 24.3 Å². The van der Waals surface area contributed by atoms with Crippen LogP contribution in [0.3, 0.4) is 0 Å². The maximum atomic E-state index is 12.8. The number of anilines is 1. The number of carbonyl (C=O) groups excluding carboxylic acids is 2. The van der Waals surface area contributed by atoms with Crippen LogP contribution in [-0.2, 0) is 9.59 Å². The van der Waals surface area contributed by atoms with Gasteiger partial charge < -0.3 is 10.1 Å². The van der Waals surface area contributed by atoms with Gasteiger partial charge in [0.1, 0.15) is 11.4 Å². The summed E-state index contributed by atoms with van der Waals surface area (Å²) in [5.41, 5.74) is 2.11. The number of ether oxygens (including phenoxy) is 1. The number of hydrogen-bond acceptors (Lipinski definition) is 4. The molecule has 1 aliphatic heterocycles. The fourth-order valence-corrected chi connectivity index (χ4v) is 3.38. The van der Waals surface area contributed by atoms with Crippen LogP contribution < -0.4 is 10.1 Å². The molecule has 0 saturated heterocycles. The molecule has 4 rings (SSSR count). The molecule has 28 heavy (non-hydrogen) atoms. The quantitative estimate of drug-likeness (QED) is 0.686. The maximum absolute atomic E-state index is 12.8. The Morgan fingerprint density at radius 2 is 1.61 bits per heavy atom. The van der Waals surface area contributed by atoms with Gasteiger partial charge in [-0.15, -0.1) is 0 Å². The normalized spacial score (nSPS) is 14.1. The van der Waals surface area contributed by atoms with Gasteiger partial charge in [-0.1, -0.05) is 48.5 Å². The number of carbonyl (C=O) groups is 2. The van der Waals surface area contributed by atoms with Crippen LogP contribution in [0, 0.1) is 0 Å². The lowest BCUT2D eigenvalue weighted by atomic mass is 10.0. The number of nitrogens with one attached hydrogen (secondary N) is 1. The summed E-state index contributed by atoms with van der Waals surface area (Å²) in [7, 11) is 1.50. The van der Waals surface area contributed by atoms with Crippen LogP contribution in [0.15, 0.2) is 72.4 Å². The highest BCUT2D eigenvalue weighted by atomic mass is 16.5. The predicted octanol–water partition coefficient (Wildman–Crippen LogP) is 4.06. The van der Waals surface area contributed by atoms with Gasteiger partial charge in [0.25, 0.3) is 11.8 Å². The number of fused-ring (bicyclic) bond motifs is 1. The molecule has 3 aromatic carbocycles. The van der Waals surface area contributed by atoms with E-state index >= 15 is 0 Å². The Hall–Kier alpha value is -3.60. The van der Waals surface area contributed by atoms with Gasteiger partial charge in [0.15, 0.2) is 0 Å². The van der Waals surface area contributed by atoms with Crippen LogP contribution in [-0.4, -0.2) is 30.4 Å². The van der Waals surface area contributed by atoms with Crippen LogP contribution >= 0.6 is 0 Å². The van der Waals surface area contributed by atoms with Crippen molar-refractivity contribution in [2.45, 2.75) is 6.92 Å². The molecular weight excluding hydrogens is 352 g/mol. The van der Waals surface area contributed by atoms with E-state index in [2.05, 4.69) is 5.32 Å². The first-order valence-electron chi connectivity index (χ1n) is 9.15. The Morgan fingerprint density at radius 1 is 0.893 bits per heavy atom. The van der Waals surface area contributed by atoms with Gasteiger partial charge in [0.05, 0.1) is 12.2 Å². The Morgan fingerprint density at radius 3 is 2.36 bits per heavy atom. The Balaban J connectivity index is 1.80. The second-order valence-corrected chi connectivity index (χ2v) is 6.53. The SMILES string of the molecule is CCOc1ccc(C2=C(Nc3cccc4ccccc34)C(=O)N(C)C2=O)cc1. The van der Waals surface area contributed by atoms with Crippen molar-refractivity contribution in [1.29, 1.82) is 0 Å².